The summed E-state index contributed by atoms with van der Waals surface area (Å²) in [5.74, 6) is -0.233. The number of nitrogens with one attached hydrogen (secondary N) is 1. The average Bonchev–Trinajstić information content (AvgIpc) is 3.12. The molecule has 1 aromatic rings. The van der Waals surface area contributed by atoms with Crippen molar-refractivity contribution in [1.29, 1.82) is 0 Å². The Morgan fingerprint density at radius 1 is 1.47 bits per heavy atom. The van der Waals surface area contributed by atoms with Crippen molar-refractivity contribution in [2.75, 3.05) is 20.2 Å². The molecule has 2 amide bonds. The van der Waals surface area contributed by atoms with Crippen molar-refractivity contribution < 1.29 is 18.7 Å². The van der Waals surface area contributed by atoms with Crippen molar-refractivity contribution in [2.24, 2.45) is 5.92 Å². The van der Waals surface area contributed by atoms with Gasteiger partial charge >= 0.3 is 0 Å². The zero-order valence-corrected chi connectivity index (χ0v) is 10.7. The summed E-state index contributed by atoms with van der Waals surface area (Å²) in [6.07, 6.45) is 2.05. The summed E-state index contributed by atoms with van der Waals surface area (Å²) in [6, 6.07) is 3.29. The summed E-state index contributed by atoms with van der Waals surface area (Å²) in [4.78, 5) is 25.9. The number of hydrogen-bond donors (Lipinski definition) is 1. The number of carbonyl (C=O) groups is 2. The first-order valence-corrected chi connectivity index (χ1v) is 6.40. The Morgan fingerprint density at radius 3 is 3.00 bits per heavy atom. The van der Waals surface area contributed by atoms with Crippen LogP contribution in [0.15, 0.2) is 22.8 Å². The maximum Gasteiger partial charge on any atom is 0.289 e. The van der Waals surface area contributed by atoms with E-state index < -0.39 is 0 Å². The van der Waals surface area contributed by atoms with E-state index >= 15 is 0 Å². The highest BCUT2D eigenvalue weighted by Gasteiger charge is 2.50. The van der Waals surface area contributed by atoms with E-state index in [2.05, 4.69) is 5.32 Å². The van der Waals surface area contributed by atoms with Crippen LogP contribution in [0.5, 0.6) is 0 Å². The maximum atomic E-state index is 12.4. The quantitative estimate of drug-likeness (QED) is 0.831. The molecule has 1 N–H and O–H groups in total. The van der Waals surface area contributed by atoms with Crippen molar-refractivity contribution >= 4 is 11.8 Å². The highest BCUT2D eigenvalue weighted by Crippen LogP contribution is 2.34. The number of likely N-dealkylation sites (tertiary alicyclic amines) is 1. The van der Waals surface area contributed by atoms with Gasteiger partial charge in [-0.1, -0.05) is 0 Å². The fourth-order valence-corrected chi connectivity index (χ4v) is 2.96. The average molecular weight is 264 g/mol. The molecule has 2 saturated heterocycles. The number of ether oxygens (including phenoxy) is 1. The molecule has 3 rings (SSSR count). The van der Waals surface area contributed by atoms with Gasteiger partial charge in [-0.25, -0.2) is 0 Å². The third-order valence-corrected chi connectivity index (χ3v) is 3.87. The molecule has 0 spiro atoms. The molecule has 3 heterocycles. The van der Waals surface area contributed by atoms with Crippen LogP contribution >= 0.6 is 0 Å². The normalized spacial score (nSPS) is 29.3. The number of amides is 2. The van der Waals surface area contributed by atoms with Crippen molar-refractivity contribution in [3.63, 3.8) is 0 Å². The predicted molar refractivity (Wildman–Crippen MR) is 65.4 cm³/mol. The molecule has 102 valence electrons. The fraction of sp³-hybridized carbons (Fsp3) is 0.538. The molecule has 6 nitrogen and oxygen atoms in total. The van der Waals surface area contributed by atoms with Crippen LogP contribution in [-0.4, -0.2) is 49.1 Å². The van der Waals surface area contributed by atoms with Gasteiger partial charge in [0, 0.05) is 20.2 Å². The molecule has 19 heavy (non-hydrogen) atoms. The molecular weight excluding hydrogens is 248 g/mol. The molecule has 0 aliphatic carbocycles. The van der Waals surface area contributed by atoms with Crippen LogP contribution in [0.2, 0.25) is 0 Å². The van der Waals surface area contributed by atoms with E-state index in [0.717, 1.165) is 6.42 Å². The minimum absolute atomic E-state index is 0.0279. The summed E-state index contributed by atoms with van der Waals surface area (Å²) in [7, 11) is 1.60. The molecule has 6 heteroatoms. The lowest BCUT2D eigenvalue weighted by molar-refractivity contribution is -0.127. The number of nitrogens with zero attached hydrogens (tertiary/aromatic N) is 1. The molecule has 0 bridgehead atoms. The van der Waals surface area contributed by atoms with Gasteiger partial charge < -0.3 is 19.4 Å². The Kier molecular flexibility index (Phi) is 3.02. The van der Waals surface area contributed by atoms with E-state index in [1.54, 1.807) is 24.1 Å². The van der Waals surface area contributed by atoms with E-state index in [4.69, 9.17) is 9.15 Å². The lowest BCUT2D eigenvalue weighted by Crippen LogP contribution is -2.37. The van der Waals surface area contributed by atoms with Crippen LogP contribution in [0, 0.1) is 5.92 Å². The number of hydrogen-bond acceptors (Lipinski definition) is 4. The van der Waals surface area contributed by atoms with Gasteiger partial charge in [0.1, 0.15) is 0 Å². The van der Waals surface area contributed by atoms with Crippen LogP contribution in [0.3, 0.4) is 0 Å². The molecule has 0 radical (unpaired) electrons. The Bertz CT molecular complexity index is 485. The monoisotopic (exact) mass is 264 g/mol. The van der Waals surface area contributed by atoms with E-state index in [0.29, 0.717) is 18.9 Å². The molecule has 0 saturated carbocycles. The standard InChI is InChI=1S/C13H16N2O4/c1-14-12(16)8-7-15(9-4-6-19-11(8)9)13(17)10-3-2-5-18-10/h2-3,5,8-9,11H,4,6-7H2,1H3,(H,14,16)/t8-,9+,11+/m1/s1. The largest absolute Gasteiger partial charge is 0.459 e. The first-order valence-electron chi connectivity index (χ1n) is 6.40. The van der Waals surface area contributed by atoms with Gasteiger partial charge in [-0.15, -0.1) is 0 Å². The fourth-order valence-electron chi connectivity index (χ4n) is 2.96. The van der Waals surface area contributed by atoms with E-state index in [-0.39, 0.29) is 29.9 Å². The van der Waals surface area contributed by atoms with Gasteiger partial charge in [0.05, 0.1) is 24.3 Å². The van der Waals surface area contributed by atoms with Gasteiger partial charge in [0.15, 0.2) is 5.76 Å². The molecule has 1 aromatic heterocycles. The molecule has 2 aliphatic heterocycles. The molecule has 2 fully saturated rings. The van der Waals surface area contributed by atoms with Gasteiger partial charge in [-0.05, 0) is 18.6 Å². The lowest BCUT2D eigenvalue weighted by atomic mass is 10.0. The minimum Gasteiger partial charge on any atom is -0.459 e. The van der Waals surface area contributed by atoms with Crippen molar-refractivity contribution in [3.05, 3.63) is 24.2 Å². The zero-order valence-electron chi connectivity index (χ0n) is 10.7. The third kappa shape index (κ3) is 1.92. The first-order chi connectivity index (χ1) is 9.22. The number of rotatable bonds is 2. The summed E-state index contributed by atoms with van der Waals surface area (Å²) >= 11 is 0. The van der Waals surface area contributed by atoms with Gasteiger partial charge in [0.2, 0.25) is 5.91 Å². The lowest BCUT2D eigenvalue weighted by Gasteiger charge is -2.21. The van der Waals surface area contributed by atoms with Crippen molar-refractivity contribution in [3.8, 4) is 0 Å². The molecular formula is C13H16N2O4. The summed E-state index contributed by atoms with van der Waals surface area (Å²) in [5, 5.41) is 2.63. The van der Waals surface area contributed by atoms with E-state index in [1.165, 1.54) is 6.26 Å². The second-order valence-corrected chi connectivity index (χ2v) is 4.85. The van der Waals surface area contributed by atoms with Gasteiger partial charge in [-0.3, -0.25) is 9.59 Å². The molecule has 0 unspecified atom stereocenters. The van der Waals surface area contributed by atoms with Crippen LogP contribution in [-0.2, 0) is 9.53 Å². The molecule has 2 aliphatic rings. The predicted octanol–water partition coefficient (Wildman–Crippen LogP) is 0.255. The van der Waals surface area contributed by atoms with Crippen LogP contribution < -0.4 is 5.32 Å². The van der Waals surface area contributed by atoms with Gasteiger partial charge in [0.25, 0.3) is 5.91 Å². The number of carbonyl (C=O) groups excluding carboxylic acids is 2. The Labute approximate surface area is 110 Å². The molecule has 3 atom stereocenters. The summed E-state index contributed by atoms with van der Waals surface area (Å²) in [5.41, 5.74) is 0. The third-order valence-electron chi connectivity index (χ3n) is 3.87. The van der Waals surface area contributed by atoms with Gasteiger partial charge in [-0.2, -0.15) is 0 Å². The van der Waals surface area contributed by atoms with E-state index in [9.17, 15) is 9.59 Å². The van der Waals surface area contributed by atoms with Crippen molar-refractivity contribution in [2.45, 2.75) is 18.6 Å². The topological polar surface area (TPSA) is 71.8 Å². The number of fused-ring (bicyclic) bond motifs is 1. The summed E-state index contributed by atoms with van der Waals surface area (Å²) in [6.45, 7) is 0.972. The van der Waals surface area contributed by atoms with E-state index in [1.807, 2.05) is 0 Å². The minimum atomic E-state index is -0.295. The zero-order chi connectivity index (χ0) is 13.4. The van der Waals surface area contributed by atoms with Crippen LogP contribution in [0.1, 0.15) is 17.0 Å². The van der Waals surface area contributed by atoms with Crippen LogP contribution in [0.4, 0.5) is 0 Å². The summed E-state index contributed by atoms with van der Waals surface area (Å²) < 4.78 is 10.8. The van der Waals surface area contributed by atoms with Crippen molar-refractivity contribution in [1.82, 2.24) is 10.2 Å². The second-order valence-electron chi connectivity index (χ2n) is 4.85. The highest BCUT2D eigenvalue weighted by atomic mass is 16.5. The smallest absolute Gasteiger partial charge is 0.289 e. The molecule has 0 aromatic carbocycles. The SMILES string of the molecule is CNC(=O)[C@@H]1CN(C(=O)c2ccco2)[C@H]2CCO[C@@H]12. The number of furan rings is 1. The Hall–Kier alpha value is -1.82. The maximum absolute atomic E-state index is 12.4. The Balaban J connectivity index is 1.83. The van der Waals surface area contributed by atoms with Crippen LogP contribution in [0.25, 0.3) is 0 Å². The Morgan fingerprint density at radius 2 is 2.32 bits per heavy atom. The second kappa shape index (κ2) is 4.70. The first kappa shape index (κ1) is 12.2. The highest BCUT2D eigenvalue weighted by molar-refractivity contribution is 5.93.